The molecule has 0 fully saturated rings. The molecular weight excluding hydrogens is 319 g/mol. The quantitative estimate of drug-likeness (QED) is 0.688. The molecule has 0 unspecified atom stereocenters. The minimum absolute atomic E-state index is 0.0722. The number of halogens is 2. The molecule has 2 aromatic heterocycles. The fraction of sp³-hybridized carbons (Fsp3) is 0.176. The highest BCUT2D eigenvalue weighted by atomic mass is 35.5. The molecule has 1 aromatic carbocycles. The van der Waals surface area contributed by atoms with Crippen molar-refractivity contribution in [2.45, 2.75) is 20.3 Å². The van der Waals surface area contributed by atoms with Gasteiger partial charge in [0.1, 0.15) is 5.65 Å². The molecule has 3 aromatic rings. The van der Waals surface area contributed by atoms with E-state index in [1.165, 1.54) is 6.92 Å². The second-order valence-corrected chi connectivity index (χ2v) is 6.09. The van der Waals surface area contributed by atoms with Crippen LogP contribution in [-0.2, 0) is 6.42 Å². The third-order valence-corrected chi connectivity index (χ3v) is 4.52. The molecule has 0 aliphatic heterocycles. The number of nitrogens with zero attached hydrogens (tertiary/aromatic N) is 1. The lowest BCUT2D eigenvalue weighted by molar-refractivity contribution is 0.101. The van der Waals surface area contributed by atoms with Crippen LogP contribution >= 0.6 is 23.2 Å². The Morgan fingerprint density at radius 2 is 2.05 bits per heavy atom. The molecule has 2 heterocycles. The number of fused-ring (bicyclic) bond motifs is 1. The molecule has 112 valence electrons. The van der Waals surface area contributed by atoms with Crippen LogP contribution in [0.25, 0.3) is 11.0 Å². The van der Waals surface area contributed by atoms with E-state index < -0.39 is 0 Å². The number of hydrogen-bond acceptors (Lipinski definition) is 2. The van der Waals surface area contributed by atoms with Gasteiger partial charge in [0.2, 0.25) is 0 Å². The van der Waals surface area contributed by atoms with Gasteiger partial charge in [-0.05, 0) is 49.2 Å². The van der Waals surface area contributed by atoms with Crippen molar-refractivity contribution in [1.29, 1.82) is 0 Å². The van der Waals surface area contributed by atoms with E-state index in [-0.39, 0.29) is 5.78 Å². The van der Waals surface area contributed by atoms with Gasteiger partial charge < -0.3 is 4.98 Å². The highest BCUT2D eigenvalue weighted by Crippen LogP contribution is 2.31. The number of ketones is 1. The first kappa shape index (κ1) is 15.1. The smallest absolute Gasteiger partial charge is 0.161 e. The van der Waals surface area contributed by atoms with Crippen LogP contribution in [0.15, 0.2) is 30.5 Å². The molecule has 0 aliphatic carbocycles. The molecule has 22 heavy (non-hydrogen) atoms. The summed E-state index contributed by atoms with van der Waals surface area (Å²) < 4.78 is 0. The normalized spacial score (nSPS) is 11.1. The van der Waals surface area contributed by atoms with Crippen LogP contribution in [0, 0.1) is 6.92 Å². The summed E-state index contributed by atoms with van der Waals surface area (Å²) in [7, 11) is 0. The van der Waals surface area contributed by atoms with Crippen LogP contribution in [0.3, 0.4) is 0 Å². The Morgan fingerprint density at radius 1 is 1.27 bits per heavy atom. The Labute approximate surface area is 138 Å². The Kier molecular flexibility index (Phi) is 3.94. The lowest BCUT2D eigenvalue weighted by Crippen LogP contribution is -1.99. The maximum Gasteiger partial charge on any atom is 0.161 e. The van der Waals surface area contributed by atoms with Crippen molar-refractivity contribution in [1.82, 2.24) is 9.97 Å². The highest BCUT2D eigenvalue weighted by Gasteiger charge is 2.15. The van der Waals surface area contributed by atoms with E-state index in [1.54, 1.807) is 18.3 Å². The van der Waals surface area contributed by atoms with Crippen molar-refractivity contribution >= 4 is 40.0 Å². The van der Waals surface area contributed by atoms with Crippen molar-refractivity contribution in [3.63, 3.8) is 0 Å². The zero-order chi connectivity index (χ0) is 15.9. The van der Waals surface area contributed by atoms with Gasteiger partial charge in [0.05, 0.1) is 5.02 Å². The topological polar surface area (TPSA) is 45.8 Å². The molecule has 0 spiro atoms. The van der Waals surface area contributed by atoms with Crippen molar-refractivity contribution in [3.05, 3.63) is 62.9 Å². The number of Topliss-reactive ketones (excluding diaryl/α,β-unsaturated/α-hetero) is 1. The van der Waals surface area contributed by atoms with Gasteiger partial charge in [0, 0.05) is 34.3 Å². The Hall–Kier alpha value is -1.84. The molecule has 0 bridgehead atoms. The van der Waals surface area contributed by atoms with Crippen molar-refractivity contribution in [2.75, 3.05) is 0 Å². The predicted molar refractivity (Wildman–Crippen MR) is 90.1 cm³/mol. The van der Waals surface area contributed by atoms with Gasteiger partial charge in [-0.3, -0.25) is 4.79 Å². The largest absolute Gasteiger partial charge is 0.343 e. The number of aromatic amines is 1. The molecule has 3 rings (SSSR count). The minimum Gasteiger partial charge on any atom is -0.343 e. The molecule has 1 N–H and O–H groups in total. The summed E-state index contributed by atoms with van der Waals surface area (Å²) >= 11 is 12.6. The highest BCUT2D eigenvalue weighted by molar-refractivity contribution is 6.38. The standard InChI is InChI=1S/C17H14Cl2N2O/c1-9-5-6-20-17-13(9)7-11(21-17)8-14-15(18)4-3-12(10(2)22)16(14)19/h3-7H,8H2,1-2H3,(H,20,21). The zero-order valence-electron chi connectivity index (χ0n) is 12.2. The maximum absolute atomic E-state index is 11.6. The van der Waals surface area contributed by atoms with Gasteiger partial charge in [-0.25, -0.2) is 4.98 Å². The first-order valence-electron chi connectivity index (χ1n) is 6.88. The summed E-state index contributed by atoms with van der Waals surface area (Å²) in [4.78, 5) is 19.2. The monoisotopic (exact) mass is 332 g/mol. The molecule has 0 radical (unpaired) electrons. The SMILES string of the molecule is CC(=O)c1ccc(Cl)c(Cc2cc3c(C)ccnc3[nH]2)c1Cl. The number of aromatic nitrogens is 2. The lowest BCUT2D eigenvalue weighted by Gasteiger charge is -2.09. The van der Waals surface area contributed by atoms with Gasteiger partial charge in [-0.2, -0.15) is 0 Å². The minimum atomic E-state index is -0.0722. The van der Waals surface area contributed by atoms with E-state index in [9.17, 15) is 4.79 Å². The van der Waals surface area contributed by atoms with E-state index >= 15 is 0 Å². The summed E-state index contributed by atoms with van der Waals surface area (Å²) in [6.07, 6.45) is 2.29. The van der Waals surface area contributed by atoms with E-state index in [1.807, 2.05) is 19.1 Å². The van der Waals surface area contributed by atoms with Crippen LogP contribution in [0.4, 0.5) is 0 Å². The van der Waals surface area contributed by atoms with Gasteiger partial charge in [-0.1, -0.05) is 23.2 Å². The van der Waals surface area contributed by atoms with Gasteiger partial charge in [0.25, 0.3) is 0 Å². The van der Waals surface area contributed by atoms with Crippen molar-refractivity contribution < 1.29 is 4.79 Å². The Balaban J connectivity index is 2.06. The fourth-order valence-corrected chi connectivity index (χ4v) is 3.17. The number of hydrogen-bond donors (Lipinski definition) is 1. The van der Waals surface area contributed by atoms with Crippen LogP contribution in [0.1, 0.15) is 34.1 Å². The summed E-state index contributed by atoms with van der Waals surface area (Å²) in [5.41, 5.74) is 4.19. The van der Waals surface area contributed by atoms with E-state index in [4.69, 9.17) is 23.2 Å². The van der Waals surface area contributed by atoms with E-state index in [0.717, 1.165) is 27.9 Å². The molecule has 3 nitrogen and oxygen atoms in total. The van der Waals surface area contributed by atoms with Crippen molar-refractivity contribution in [3.8, 4) is 0 Å². The maximum atomic E-state index is 11.6. The summed E-state index contributed by atoms with van der Waals surface area (Å²) in [5.74, 6) is -0.0722. The summed E-state index contributed by atoms with van der Waals surface area (Å²) in [6, 6.07) is 7.39. The number of H-pyrrole nitrogens is 1. The third kappa shape index (κ3) is 2.62. The van der Waals surface area contributed by atoms with Crippen LogP contribution in [0.2, 0.25) is 10.0 Å². The summed E-state index contributed by atoms with van der Waals surface area (Å²) in [5, 5.41) is 2.05. The predicted octanol–water partition coefficient (Wildman–Crippen LogP) is 4.97. The first-order chi connectivity index (χ1) is 10.5. The molecule has 0 saturated heterocycles. The Bertz CT molecular complexity index is 884. The van der Waals surface area contributed by atoms with Gasteiger partial charge in [-0.15, -0.1) is 0 Å². The molecular formula is C17H14Cl2N2O. The van der Waals surface area contributed by atoms with Gasteiger partial charge in [0.15, 0.2) is 5.78 Å². The zero-order valence-corrected chi connectivity index (χ0v) is 13.7. The average molecular weight is 333 g/mol. The molecule has 0 amide bonds. The number of carbonyl (C=O) groups excluding carboxylic acids is 1. The number of benzene rings is 1. The second kappa shape index (κ2) is 5.75. The number of rotatable bonds is 3. The van der Waals surface area contributed by atoms with Gasteiger partial charge >= 0.3 is 0 Å². The van der Waals surface area contributed by atoms with Crippen LogP contribution < -0.4 is 0 Å². The number of pyridine rings is 1. The third-order valence-electron chi connectivity index (χ3n) is 3.74. The fourth-order valence-electron chi connectivity index (χ4n) is 2.53. The second-order valence-electron chi connectivity index (χ2n) is 5.31. The number of nitrogens with one attached hydrogen (secondary N) is 1. The lowest BCUT2D eigenvalue weighted by atomic mass is 10.0. The van der Waals surface area contributed by atoms with Crippen molar-refractivity contribution in [2.24, 2.45) is 0 Å². The number of carbonyl (C=O) groups is 1. The molecule has 0 atom stereocenters. The molecule has 5 heteroatoms. The number of aryl methyl sites for hydroxylation is 1. The van der Waals surface area contributed by atoms with E-state index in [0.29, 0.717) is 22.0 Å². The molecule has 0 saturated carbocycles. The van der Waals surface area contributed by atoms with E-state index in [2.05, 4.69) is 9.97 Å². The summed E-state index contributed by atoms with van der Waals surface area (Å²) in [6.45, 7) is 3.53. The first-order valence-corrected chi connectivity index (χ1v) is 7.64. The Morgan fingerprint density at radius 3 is 2.73 bits per heavy atom. The average Bonchev–Trinajstić information content (AvgIpc) is 2.87. The molecule has 0 aliphatic rings. The van der Waals surface area contributed by atoms with Crippen LogP contribution in [0.5, 0.6) is 0 Å². The van der Waals surface area contributed by atoms with Crippen LogP contribution in [-0.4, -0.2) is 15.8 Å².